The third-order valence-electron chi connectivity index (χ3n) is 3.63. The fourth-order valence-electron chi connectivity index (χ4n) is 2.54. The topological polar surface area (TPSA) is 49.4 Å². The highest BCUT2D eigenvalue weighted by Crippen LogP contribution is 2.37. The Kier molecular flexibility index (Phi) is 5.24. The molecule has 0 spiro atoms. The molecule has 0 aromatic heterocycles. The highest BCUT2D eigenvalue weighted by Gasteiger charge is 2.38. The van der Waals surface area contributed by atoms with Crippen molar-refractivity contribution in [2.45, 2.75) is 61.3 Å². The molecule has 4 nitrogen and oxygen atoms in total. The molecule has 0 saturated heterocycles. The molecule has 21 heavy (non-hydrogen) atoms. The van der Waals surface area contributed by atoms with E-state index in [1.807, 2.05) is 41.5 Å². The van der Waals surface area contributed by atoms with Gasteiger partial charge in [-0.1, -0.05) is 54.9 Å². The van der Waals surface area contributed by atoms with E-state index < -0.39 is 0 Å². The smallest absolute Gasteiger partial charge is 0.252 e. The first kappa shape index (κ1) is 17.7. The van der Waals surface area contributed by atoms with Gasteiger partial charge in [-0.05, 0) is 11.8 Å². The van der Waals surface area contributed by atoms with Crippen molar-refractivity contribution in [2.24, 2.45) is 10.8 Å². The van der Waals surface area contributed by atoms with E-state index in [0.29, 0.717) is 6.54 Å². The van der Waals surface area contributed by atoms with Gasteiger partial charge in [0.2, 0.25) is 5.91 Å². The summed E-state index contributed by atoms with van der Waals surface area (Å²) in [6.45, 7) is 15.1. The molecule has 0 atom stereocenters. The van der Waals surface area contributed by atoms with Crippen molar-refractivity contribution >= 4 is 11.8 Å². The van der Waals surface area contributed by atoms with Gasteiger partial charge in [0.25, 0.3) is 5.91 Å². The Balaban J connectivity index is 3.37. The van der Waals surface area contributed by atoms with Crippen LogP contribution in [0.15, 0.2) is 11.3 Å². The minimum atomic E-state index is -0.304. The van der Waals surface area contributed by atoms with Gasteiger partial charge in [-0.3, -0.25) is 9.59 Å². The summed E-state index contributed by atoms with van der Waals surface area (Å²) in [5, 5.41) is 2.99. The maximum Gasteiger partial charge on any atom is 0.252 e. The van der Waals surface area contributed by atoms with Crippen molar-refractivity contribution in [1.82, 2.24) is 10.2 Å². The molecule has 0 aromatic rings. The van der Waals surface area contributed by atoms with Crippen molar-refractivity contribution in [3.05, 3.63) is 11.3 Å². The van der Waals surface area contributed by atoms with Gasteiger partial charge in [-0.15, -0.1) is 0 Å². The van der Waals surface area contributed by atoms with E-state index in [2.05, 4.69) is 12.2 Å². The number of amides is 2. The van der Waals surface area contributed by atoms with Crippen LogP contribution in [0.4, 0.5) is 0 Å². The van der Waals surface area contributed by atoms with Crippen LogP contribution in [0.25, 0.3) is 0 Å². The zero-order chi connectivity index (χ0) is 16.4. The summed E-state index contributed by atoms with van der Waals surface area (Å²) in [6, 6.07) is 0. The number of nitrogens with one attached hydrogen (secondary N) is 1. The maximum absolute atomic E-state index is 13.0. The first-order chi connectivity index (χ1) is 9.48. The zero-order valence-electron chi connectivity index (χ0n) is 14.6. The lowest BCUT2D eigenvalue weighted by molar-refractivity contribution is -0.132. The molecule has 120 valence electrons. The highest BCUT2D eigenvalue weighted by molar-refractivity contribution is 6.00. The number of rotatable bonds is 3. The van der Waals surface area contributed by atoms with Gasteiger partial charge in [0.1, 0.15) is 6.54 Å². The molecule has 0 aromatic carbocycles. The summed E-state index contributed by atoms with van der Waals surface area (Å²) in [5.41, 5.74) is 0.928. The van der Waals surface area contributed by atoms with Gasteiger partial charge in [0.05, 0.1) is 0 Å². The van der Waals surface area contributed by atoms with Crippen molar-refractivity contribution in [1.29, 1.82) is 0 Å². The summed E-state index contributed by atoms with van der Waals surface area (Å²) >= 11 is 0. The van der Waals surface area contributed by atoms with Gasteiger partial charge in [-0.2, -0.15) is 0 Å². The molecule has 0 unspecified atom stereocenters. The Labute approximate surface area is 129 Å². The molecule has 0 radical (unpaired) electrons. The molecule has 0 aliphatic carbocycles. The molecule has 1 N–H and O–H groups in total. The van der Waals surface area contributed by atoms with Crippen molar-refractivity contribution in [3.63, 3.8) is 0 Å². The lowest BCUT2D eigenvalue weighted by Crippen LogP contribution is -2.39. The standard InChI is InChI=1S/C17H30N2O2/c1-8-9-10-19-11-12(20)18-14(17(5,6)7)13(15(19)21)16(2,3)4/h8-11H2,1-7H3,(H,18,20). The number of nitrogens with zero attached hydrogens (tertiary/aromatic N) is 1. The van der Waals surface area contributed by atoms with Gasteiger partial charge >= 0.3 is 0 Å². The van der Waals surface area contributed by atoms with Gasteiger partial charge < -0.3 is 10.2 Å². The Morgan fingerprint density at radius 1 is 1.05 bits per heavy atom. The average Bonchev–Trinajstić information content (AvgIpc) is 2.42. The van der Waals surface area contributed by atoms with E-state index >= 15 is 0 Å². The Morgan fingerprint density at radius 3 is 2.05 bits per heavy atom. The number of carbonyl (C=O) groups is 2. The summed E-state index contributed by atoms with van der Waals surface area (Å²) in [4.78, 5) is 26.9. The number of carbonyl (C=O) groups excluding carboxylic acids is 2. The molecule has 0 saturated carbocycles. The normalized spacial score (nSPS) is 18.0. The molecule has 1 heterocycles. The fourth-order valence-corrected chi connectivity index (χ4v) is 2.54. The first-order valence-electron chi connectivity index (χ1n) is 7.82. The second-order valence-corrected chi connectivity index (χ2v) is 7.88. The Morgan fingerprint density at radius 2 is 1.62 bits per heavy atom. The third kappa shape index (κ3) is 4.32. The monoisotopic (exact) mass is 294 g/mol. The third-order valence-corrected chi connectivity index (χ3v) is 3.63. The second-order valence-electron chi connectivity index (χ2n) is 7.88. The van der Waals surface area contributed by atoms with Gasteiger partial charge in [0, 0.05) is 23.2 Å². The quantitative estimate of drug-likeness (QED) is 0.869. The SMILES string of the molecule is CCCCN1CC(=O)NC(C(C)(C)C)=C(C(C)(C)C)C1=O. The maximum atomic E-state index is 13.0. The van der Waals surface area contributed by atoms with Gasteiger partial charge in [-0.25, -0.2) is 0 Å². The zero-order valence-corrected chi connectivity index (χ0v) is 14.6. The minimum absolute atomic E-state index is 0.000718. The molecule has 1 aliphatic heterocycles. The van der Waals surface area contributed by atoms with E-state index in [9.17, 15) is 9.59 Å². The van der Waals surface area contributed by atoms with Crippen LogP contribution >= 0.6 is 0 Å². The second kappa shape index (κ2) is 6.20. The first-order valence-corrected chi connectivity index (χ1v) is 7.82. The molecule has 4 heteroatoms. The van der Waals surface area contributed by atoms with E-state index in [-0.39, 0.29) is 29.2 Å². The van der Waals surface area contributed by atoms with E-state index in [1.54, 1.807) is 4.90 Å². The van der Waals surface area contributed by atoms with Crippen LogP contribution in [0.5, 0.6) is 0 Å². The molecular weight excluding hydrogens is 264 g/mol. The molecule has 0 bridgehead atoms. The largest absolute Gasteiger partial charge is 0.330 e. The molecule has 1 aliphatic rings. The number of allylic oxidation sites excluding steroid dienone is 1. The molecule has 0 fully saturated rings. The Hall–Kier alpha value is -1.32. The average molecular weight is 294 g/mol. The Bertz CT molecular complexity index is 450. The molecular formula is C17H30N2O2. The molecule has 1 rings (SSSR count). The van der Waals surface area contributed by atoms with E-state index in [4.69, 9.17) is 0 Å². The number of hydrogen-bond donors (Lipinski definition) is 1. The van der Waals surface area contributed by atoms with Crippen LogP contribution in [0, 0.1) is 10.8 Å². The molecule has 2 amide bonds. The lowest BCUT2D eigenvalue weighted by Gasteiger charge is -2.32. The van der Waals surface area contributed by atoms with Crippen LogP contribution in [0.2, 0.25) is 0 Å². The summed E-state index contributed by atoms with van der Waals surface area (Å²) in [6.07, 6.45) is 1.92. The van der Waals surface area contributed by atoms with Crippen LogP contribution in [0.3, 0.4) is 0 Å². The lowest BCUT2D eigenvalue weighted by atomic mass is 9.78. The van der Waals surface area contributed by atoms with Crippen molar-refractivity contribution < 1.29 is 9.59 Å². The van der Waals surface area contributed by atoms with Gasteiger partial charge in [0.15, 0.2) is 0 Å². The van der Waals surface area contributed by atoms with Crippen LogP contribution in [-0.2, 0) is 9.59 Å². The minimum Gasteiger partial charge on any atom is -0.330 e. The van der Waals surface area contributed by atoms with Crippen LogP contribution < -0.4 is 5.32 Å². The summed E-state index contributed by atoms with van der Waals surface area (Å²) in [5.74, 6) is -0.0946. The number of unbranched alkanes of at least 4 members (excludes halogenated alkanes) is 1. The summed E-state index contributed by atoms with van der Waals surface area (Å²) < 4.78 is 0. The van der Waals surface area contributed by atoms with Crippen LogP contribution in [-0.4, -0.2) is 29.8 Å². The van der Waals surface area contributed by atoms with Crippen molar-refractivity contribution in [3.8, 4) is 0 Å². The number of hydrogen-bond acceptors (Lipinski definition) is 2. The predicted octanol–water partition coefficient (Wildman–Crippen LogP) is 3.09. The van der Waals surface area contributed by atoms with E-state index in [1.165, 1.54) is 0 Å². The van der Waals surface area contributed by atoms with Crippen LogP contribution in [0.1, 0.15) is 61.3 Å². The van der Waals surface area contributed by atoms with E-state index in [0.717, 1.165) is 24.1 Å². The fraction of sp³-hybridized carbons (Fsp3) is 0.765. The highest BCUT2D eigenvalue weighted by atomic mass is 16.2. The van der Waals surface area contributed by atoms with Crippen molar-refractivity contribution in [2.75, 3.05) is 13.1 Å². The summed E-state index contributed by atoms with van der Waals surface area (Å²) in [7, 11) is 0. The predicted molar refractivity (Wildman–Crippen MR) is 85.6 cm³/mol.